The molecule has 0 heterocycles. The lowest BCUT2D eigenvalue weighted by atomic mass is 10.1. The van der Waals surface area contributed by atoms with Crippen molar-refractivity contribution in [2.24, 2.45) is 0 Å². The summed E-state index contributed by atoms with van der Waals surface area (Å²) >= 11 is 0. The van der Waals surface area contributed by atoms with E-state index in [1.54, 1.807) is 0 Å². The Morgan fingerprint density at radius 2 is 2.24 bits per heavy atom. The van der Waals surface area contributed by atoms with Crippen molar-refractivity contribution in [3.63, 3.8) is 0 Å². The van der Waals surface area contributed by atoms with Gasteiger partial charge in [0, 0.05) is 24.8 Å². The van der Waals surface area contributed by atoms with Crippen LogP contribution in [0.25, 0.3) is 0 Å². The summed E-state index contributed by atoms with van der Waals surface area (Å²) in [5, 5.41) is 9.37. The van der Waals surface area contributed by atoms with Crippen LogP contribution < -0.4 is 5.73 Å². The smallest absolute Gasteiger partial charge is 0.0524 e. The van der Waals surface area contributed by atoms with Crippen LogP contribution in [-0.2, 0) is 6.54 Å². The fraction of sp³-hybridized carbons (Fsp3) is 0.571. The van der Waals surface area contributed by atoms with Gasteiger partial charge in [-0.2, -0.15) is 0 Å². The topological polar surface area (TPSA) is 49.5 Å². The highest BCUT2D eigenvalue weighted by Crippen LogP contribution is 2.28. The van der Waals surface area contributed by atoms with E-state index in [0.717, 1.165) is 31.2 Å². The first-order valence-electron chi connectivity index (χ1n) is 6.41. The lowest BCUT2D eigenvalue weighted by molar-refractivity contribution is 0.150. The van der Waals surface area contributed by atoms with Gasteiger partial charge in [-0.05, 0) is 43.9 Å². The molecular weight excluding hydrogens is 212 g/mol. The maximum atomic E-state index is 9.37. The third kappa shape index (κ3) is 4.02. The summed E-state index contributed by atoms with van der Waals surface area (Å²) < 4.78 is 0. The van der Waals surface area contributed by atoms with Gasteiger partial charge in [0.2, 0.25) is 0 Å². The van der Waals surface area contributed by atoms with Crippen LogP contribution in [0.3, 0.4) is 0 Å². The Morgan fingerprint density at radius 1 is 1.47 bits per heavy atom. The Hall–Kier alpha value is -1.06. The van der Waals surface area contributed by atoms with Gasteiger partial charge in [-0.25, -0.2) is 0 Å². The summed E-state index contributed by atoms with van der Waals surface area (Å²) in [5.41, 5.74) is 7.88. The summed E-state index contributed by atoms with van der Waals surface area (Å²) in [6.07, 6.45) is 3.22. The molecular formula is C14H22N2O. The average Bonchev–Trinajstić information content (AvgIpc) is 3.07. The number of nitrogens with two attached hydrogens (primary N) is 1. The summed E-state index contributed by atoms with van der Waals surface area (Å²) in [6.45, 7) is 3.77. The first-order valence-corrected chi connectivity index (χ1v) is 6.41. The number of aliphatic hydroxyl groups excluding tert-OH is 1. The molecule has 0 amide bonds. The summed E-state index contributed by atoms with van der Waals surface area (Å²) in [5.74, 6) is 0. The van der Waals surface area contributed by atoms with Crippen molar-refractivity contribution < 1.29 is 5.11 Å². The maximum absolute atomic E-state index is 9.37. The molecule has 3 nitrogen and oxygen atoms in total. The number of benzene rings is 1. The minimum Gasteiger partial charge on any atom is -0.399 e. The van der Waals surface area contributed by atoms with Crippen molar-refractivity contribution in [3.05, 3.63) is 29.8 Å². The Morgan fingerprint density at radius 3 is 2.82 bits per heavy atom. The predicted octanol–water partition coefficient (Wildman–Crippen LogP) is 2.00. The fourth-order valence-corrected chi connectivity index (χ4v) is 2.11. The summed E-state index contributed by atoms with van der Waals surface area (Å²) in [4.78, 5) is 2.46. The van der Waals surface area contributed by atoms with E-state index in [9.17, 15) is 5.11 Å². The van der Waals surface area contributed by atoms with Crippen molar-refractivity contribution in [1.29, 1.82) is 0 Å². The van der Waals surface area contributed by atoms with Gasteiger partial charge in [0.1, 0.15) is 0 Å². The molecule has 17 heavy (non-hydrogen) atoms. The number of nitrogens with zero attached hydrogens (tertiary/aromatic N) is 1. The van der Waals surface area contributed by atoms with Gasteiger partial charge >= 0.3 is 0 Å². The number of rotatable bonds is 6. The van der Waals surface area contributed by atoms with Crippen LogP contribution in [0, 0.1) is 0 Å². The van der Waals surface area contributed by atoms with E-state index < -0.39 is 0 Å². The molecule has 1 atom stereocenters. The number of anilines is 1. The number of hydrogen-bond acceptors (Lipinski definition) is 3. The highest BCUT2D eigenvalue weighted by Gasteiger charge is 2.28. The molecule has 0 radical (unpaired) electrons. The van der Waals surface area contributed by atoms with Gasteiger partial charge in [0.15, 0.2) is 0 Å². The highest BCUT2D eigenvalue weighted by molar-refractivity contribution is 5.40. The minimum atomic E-state index is -0.211. The van der Waals surface area contributed by atoms with Gasteiger partial charge in [0.25, 0.3) is 0 Å². The predicted molar refractivity (Wildman–Crippen MR) is 70.6 cm³/mol. The van der Waals surface area contributed by atoms with Crippen LogP contribution in [0.1, 0.15) is 31.7 Å². The third-order valence-corrected chi connectivity index (χ3v) is 3.23. The third-order valence-electron chi connectivity index (χ3n) is 3.23. The van der Waals surface area contributed by atoms with Gasteiger partial charge in [-0.15, -0.1) is 0 Å². The Bertz CT molecular complexity index is 361. The number of nitrogen functional groups attached to an aromatic ring is 1. The monoisotopic (exact) mass is 234 g/mol. The molecule has 94 valence electrons. The highest BCUT2D eigenvalue weighted by atomic mass is 16.3. The number of aliphatic hydroxyl groups is 1. The standard InChI is InChI=1S/C14H22N2O/c1-11(17)7-8-16(14-5-6-14)10-12-3-2-4-13(15)9-12/h2-4,9,11,14,17H,5-8,10,15H2,1H3. The quantitative estimate of drug-likeness (QED) is 0.740. The molecule has 0 aromatic heterocycles. The zero-order valence-corrected chi connectivity index (χ0v) is 10.5. The molecule has 3 N–H and O–H groups in total. The first-order chi connectivity index (χ1) is 8.15. The number of hydrogen-bond donors (Lipinski definition) is 2. The minimum absolute atomic E-state index is 0.211. The lowest BCUT2D eigenvalue weighted by Crippen LogP contribution is -2.28. The van der Waals surface area contributed by atoms with Crippen LogP contribution in [0.15, 0.2) is 24.3 Å². The molecule has 1 saturated carbocycles. The molecule has 1 fully saturated rings. The van der Waals surface area contributed by atoms with E-state index in [1.807, 2.05) is 25.1 Å². The van der Waals surface area contributed by atoms with E-state index in [0.29, 0.717) is 0 Å². The molecule has 1 aromatic rings. The van der Waals surface area contributed by atoms with Crippen molar-refractivity contribution in [2.75, 3.05) is 12.3 Å². The second-order valence-corrected chi connectivity index (χ2v) is 5.08. The van der Waals surface area contributed by atoms with Gasteiger partial charge in [-0.1, -0.05) is 12.1 Å². The second-order valence-electron chi connectivity index (χ2n) is 5.08. The molecule has 1 aliphatic carbocycles. The van der Waals surface area contributed by atoms with Crippen LogP contribution in [0.5, 0.6) is 0 Å². The molecule has 0 bridgehead atoms. The molecule has 0 aliphatic heterocycles. The fourth-order valence-electron chi connectivity index (χ4n) is 2.11. The van der Waals surface area contributed by atoms with E-state index in [2.05, 4.69) is 11.0 Å². The zero-order chi connectivity index (χ0) is 12.3. The zero-order valence-electron chi connectivity index (χ0n) is 10.5. The van der Waals surface area contributed by atoms with Crippen molar-refractivity contribution >= 4 is 5.69 Å². The molecule has 0 saturated heterocycles. The SMILES string of the molecule is CC(O)CCN(Cc1cccc(N)c1)C1CC1. The van der Waals surface area contributed by atoms with Gasteiger partial charge in [-0.3, -0.25) is 4.90 Å². The molecule has 1 unspecified atom stereocenters. The molecule has 1 aromatic carbocycles. The lowest BCUT2D eigenvalue weighted by Gasteiger charge is -2.22. The van der Waals surface area contributed by atoms with Crippen molar-refractivity contribution in [3.8, 4) is 0 Å². The van der Waals surface area contributed by atoms with E-state index in [4.69, 9.17) is 5.73 Å². The first kappa shape index (κ1) is 12.4. The van der Waals surface area contributed by atoms with Crippen LogP contribution in [0.2, 0.25) is 0 Å². The largest absolute Gasteiger partial charge is 0.399 e. The molecule has 2 rings (SSSR count). The van der Waals surface area contributed by atoms with Crippen LogP contribution >= 0.6 is 0 Å². The van der Waals surface area contributed by atoms with Gasteiger partial charge < -0.3 is 10.8 Å². The molecule has 0 spiro atoms. The van der Waals surface area contributed by atoms with Crippen molar-refractivity contribution in [2.45, 2.75) is 44.9 Å². The Labute approximate surface area is 103 Å². The van der Waals surface area contributed by atoms with Crippen molar-refractivity contribution in [1.82, 2.24) is 4.90 Å². The second kappa shape index (κ2) is 5.52. The molecule has 1 aliphatic rings. The normalized spacial score (nSPS) is 17.4. The van der Waals surface area contributed by atoms with E-state index in [1.165, 1.54) is 18.4 Å². The maximum Gasteiger partial charge on any atom is 0.0524 e. The van der Waals surface area contributed by atoms with Crippen LogP contribution in [-0.4, -0.2) is 28.7 Å². The van der Waals surface area contributed by atoms with E-state index >= 15 is 0 Å². The van der Waals surface area contributed by atoms with E-state index in [-0.39, 0.29) is 6.10 Å². The average molecular weight is 234 g/mol. The Kier molecular flexibility index (Phi) is 4.02. The Balaban J connectivity index is 1.93. The van der Waals surface area contributed by atoms with Crippen LogP contribution in [0.4, 0.5) is 5.69 Å². The summed E-state index contributed by atoms with van der Waals surface area (Å²) in [6, 6.07) is 8.80. The molecule has 3 heteroatoms. The van der Waals surface area contributed by atoms with Gasteiger partial charge in [0.05, 0.1) is 6.10 Å². The summed E-state index contributed by atoms with van der Waals surface area (Å²) in [7, 11) is 0.